The number of hydrogen-bond donors (Lipinski definition) is 1. The van der Waals surface area contributed by atoms with Crippen molar-refractivity contribution in [1.29, 1.82) is 0 Å². The highest BCUT2D eigenvalue weighted by atomic mass is 79.9. The fraction of sp³-hybridized carbons (Fsp3) is 0.182. The van der Waals surface area contributed by atoms with E-state index in [1.165, 1.54) is 0 Å². The molecule has 0 amide bonds. The zero-order chi connectivity index (χ0) is 11.5. The summed E-state index contributed by atoms with van der Waals surface area (Å²) in [6.07, 6.45) is 0. The second kappa shape index (κ2) is 4.84. The Morgan fingerprint density at radius 1 is 1.50 bits per heavy atom. The van der Waals surface area contributed by atoms with Crippen LogP contribution in [0.1, 0.15) is 5.69 Å². The molecule has 0 atom stereocenters. The molecule has 0 aliphatic carbocycles. The van der Waals surface area contributed by atoms with Crippen LogP contribution in [0.5, 0.6) is 0 Å². The van der Waals surface area contributed by atoms with E-state index in [0.29, 0.717) is 0 Å². The molecule has 0 fully saturated rings. The first-order valence-corrected chi connectivity index (χ1v) is 6.53. The maximum Gasteiger partial charge on any atom is 0.0795 e. The zero-order valence-corrected chi connectivity index (χ0v) is 11.3. The maximum absolute atomic E-state index is 5.70. The highest BCUT2D eigenvalue weighted by Gasteiger charge is 2.07. The Hall–Kier alpha value is -1.07. The van der Waals surface area contributed by atoms with Crippen LogP contribution in [-0.4, -0.2) is 12.0 Å². The predicted octanol–water partition coefficient (Wildman–Crippen LogP) is 3.12. The van der Waals surface area contributed by atoms with Gasteiger partial charge in [0.25, 0.3) is 0 Å². The van der Waals surface area contributed by atoms with Crippen molar-refractivity contribution in [3.05, 3.63) is 39.3 Å². The van der Waals surface area contributed by atoms with Gasteiger partial charge in [0.1, 0.15) is 0 Å². The van der Waals surface area contributed by atoms with E-state index in [9.17, 15) is 0 Å². The summed E-state index contributed by atoms with van der Waals surface area (Å²) in [7, 11) is 2.04. The third kappa shape index (κ3) is 2.54. The van der Waals surface area contributed by atoms with Gasteiger partial charge in [-0.05, 0) is 34.1 Å². The van der Waals surface area contributed by atoms with Gasteiger partial charge in [-0.2, -0.15) is 0 Å². The Labute approximate surface area is 107 Å². The van der Waals surface area contributed by atoms with E-state index in [1.54, 1.807) is 11.3 Å². The van der Waals surface area contributed by atoms with Gasteiger partial charge in [0.05, 0.1) is 23.4 Å². The Morgan fingerprint density at radius 2 is 2.31 bits per heavy atom. The van der Waals surface area contributed by atoms with Crippen LogP contribution in [0.15, 0.2) is 33.6 Å². The Balaban J connectivity index is 2.17. The van der Waals surface area contributed by atoms with Gasteiger partial charge in [-0.1, -0.05) is 0 Å². The van der Waals surface area contributed by atoms with Gasteiger partial charge in [-0.25, -0.2) is 4.98 Å². The first kappa shape index (κ1) is 11.4. The van der Waals surface area contributed by atoms with Crippen LogP contribution >= 0.6 is 27.3 Å². The number of nitrogens with two attached hydrogens (primary N) is 1. The van der Waals surface area contributed by atoms with E-state index in [2.05, 4.69) is 31.2 Å². The molecule has 1 heterocycles. The molecule has 0 radical (unpaired) electrons. The van der Waals surface area contributed by atoms with Gasteiger partial charge in [0.15, 0.2) is 0 Å². The summed E-state index contributed by atoms with van der Waals surface area (Å²) in [6.45, 7) is 0.798. The average molecular weight is 298 g/mol. The second-order valence-electron chi connectivity index (χ2n) is 3.55. The van der Waals surface area contributed by atoms with Crippen LogP contribution in [0.3, 0.4) is 0 Å². The number of hydrogen-bond acceptors (Lipinski definition) is 4. The van der Waals surface area contributed by atoms with Crippen LogP contribution in [-0.2, 0) is 6.54 Å². The largest absolute Gasteiger partial charge is 0.399 e. The van der Waals surface area contributed by atoms with Crippen molar-refractivity contribution in [2.45, 2.75) is 6.54 Å². The summed E-state index contributed by atoms with van der Waals surface area (Å²) in [5, 5.41) is 2.06. The number of nitrogen functional groups attached to an aromatic ring is 1. The molecule has 84 valence electrons. The third-order valence-electron chi connectivity index (χ3n) is 2.27. The normalized spacial score (nSPS) is 10.4. The molecular weight excluding hydrogens is 286 g/mol. The lowest BCUT2D eigenvalue weighted by Crippen LogP contribution is -2.17. The van der Waals surface area contributed by atoms with Crippen LogP contribution in [0.4, 0.5) is 11.4 Å². The number of rotatable bonds is 3. The minimum Gasteiger partial charge on any atom is -0.399 e. The monoisotopic (exact) mass is 297 g/mol. The summed E-state index contributed by atoms with van der Waals surface area (Å²) in [5.74, 6) is 0. The molecule has 0 saturated carbocycles. The molecule has 1 aromatic heterocycles. The summed E-state index contributed by atoms with van der Waals surface area (Å²) < 4.78 is 1.00. The summed E-state index contributed by atoms with van der Waals surface area (Å²) in [6, 6.07) is 5.82. The molecule has 3 nitrogen and oxygen atoms in total. The summed E-state index contributed by atoms with van der Waals surface area (Å²) in [4.78, 5) is 6.40. The topological polar surface area (TPSA) is 42.2 Å². The van der Waals surface area contributed by atoms with Gasteiger partial charge in [-0.15, -0.1) is 11.3 Å². The lowest BCUT2D eigenvalue weighted by atomic mass is 10.2. The quantitative estimate of drug-likeness (QED) is 0.885. The number of thiazole rings is 1. The highest BCUT2D eigenvalue weighted by Crippen LogP contribution is 2.28. The van der Waals surface area contributed by atoms with E-state index >= 15 is 0 Å². The summed E-state index contributed by atoms with van der Waals surface area (Å²) in [5.41, 5.74) is 10.5. The minimum absolute atomic E-state index is 0.762. The van der Waals surface area contributed by atoms with Crippen LogP contribution in [0.2, 0.25) is 0 Å². The molecular formula is C11H12BrN3S. The molecule has 2 N–H and O–H groups in total. The van der Waals surface area contributed by atoms with Gasteiger partial charge >= 0.3 is 0 Å². The van der Waals surface area contributed by atoms with E-state index in [1.807, 2.05) is 30.8 Å². The predicted molar refractivity (Wildman–Crippen MR) is 72.8 cm³/mol. The molecule has 0 aliphatic heterocycles. The fourth-order valence-electron chi connectivity index (χ4n) is 1.48. The number of nitrogens with zero attached hydrogens (tertiary/aromatic N) is 2. The molecule has 0 aliphatic rings. The number of anilines is 2. The number of aromatic nitrogens is 1. The molecule has 1 aromatic carbocycles. The molecule has 16 heavy (non-hydrogen) atoms. The SMILES string of the molecule is CN(Cc1cscn1)c1ccc(N)cc1Br. The molecule has 0 bridgehead atoms. The minimum atomic E-state index is 0.762. The fourth-order valence-corrected chi connectivity index (χ4v) is 2.73. The van der Waals surface area contributed by atoms with Gasteiger partial charge < -0.3 is 10.6 Å². The third-order valence-corrected chi connectivity index (χ3v) is 3.54. The van der Waals surface area contributed by atoms with Crippen molar-refractivity contribution < 1.29 is 0 Å². The molecule has 0 spiro atoms. The van der Waals surface area contributed by atoms with Crippen molar-refractivity contribution in [3.63, 3.8) is 0 Å². The first-order valence-electron chi connectivity index (χ1n) is 4.80. The van der Waals surface area contributed by atoms with Crippen molar-refractivity contribution in [2.24, 2.45) is 0 Å². The molecule has 2 rings (SSSR count). The van der Waals surface area contributed by atoms with Crippen molar-refractivity contribution in [3.8, 4) is 0 Å². The standard InChI is InChI=1S/C11H12BrN3S/c1-15(5-9-6-16-7-14-9)11-3-2-8(13)4-10(11)12/h2-4,6-7H,5,13H2,1H3. The zero-order valence-electron chi connectivity index (χ0n) is 8.85. The highest BCUT2D eigenvalue weighted by molar-refractivity contribution is 9.10. The smallest absolute Gasteiger partial charge is 0.0795 e. The molecule has 0 unspecified atom stereocenters. The van der Waals surface area contributed by atoms with Crippen molar-refractivity contribution >= 4 is 38.6 Å². The Kier molecular flexibility index (Phi) is 3.46. The Bertz CT molecular complexity index is 470. The summed E-state index contributed by atoms with van der Waals surface area (Å²) >= 11 is 5.13. The van der Waals surface area contributed by atoms with E-state index in [0.717, 1.165) is 28.1 Å². The van der Waals surface area contributed by atoms with Gasteiger partial charge in [0, 0.05) is 22.6 Å². The lowest BCUT2D eigenvalue weighted by Gasteiger charge is -2.19. The van der Waals surface area contributed by atoms with Gasteiger partial charge in [0.2, 0.25) is 0 Å². The van der Waals surface area contributed by atoms with Crippen molar-refractivity contribution in [2.75, 3.05) is 17.7 Å². The second-order valence-corrected chi connectivity index (χ2v) is 5.12. The number of benzene rings is 1. The molecule has 2 aromatic rings. The van der Waals surface area contributed by atoms with Crippen LogP contribution < -0.4 is 10.6 Å². The van der Waals surface area contributed by atoms with E-state index in [4.69, 9.17) is 5.73 Å². The molecule has 0 saturated heterocycles. The van der Waals surface area contributed by atoms with Crippen LogP contribution in [0, 0.1) is 0 Å². The Morgan fingerprint density at radius 3 is 2.94 bits per heavy atom. The van der Waals surface area contributed by atoms with Gasteiger partial charge in [-0.3, -0.25) is 0 Å². The van der Waals surface area contributed by atoms with E-state index in [-0.39, 0.29) is 0 Å². The maximum atomic E-state index is 5.70. The van der Waals surface area contributed by atoms with E-state index < -0.39 is 0 Å². The lowest BCUT2D eigenvalue weighted by molar-refractivity contribution is 0.892. The van der Waals surface area contributed by atoms with Crippen molar-refractivity contribution in [1.82, 2.24) is 4.98 Å². The molecule has 5 heteroatoms. The average Bonchev–Trinajstić information content (AvgIpc) is 2.70. The number of halogens is 1. The van der Waals surface area contributed by atoms with Crippen LogP contribution in [0.25, 0.3) is 0 Å². The first-order chi connectivity index (χ1) is 7.66.